The van der Waals surface area contributed by atoms with E-state index in [1.807, 2.05) is 54.6 Å². The van der Waals surface area contributed by atoms with Gasteiger partial charge in [0.25, 0.3) is 0 Å². The van der Waals surface area contributed by atoms with Crippen molar-refractivity contribution < 1.29 is 14.2 Å². The lowest BCUT2D eigenvalue weighted by atomic mass is 9.96. The topological polar surface area (TPSA) is 53.7 Å². The van der Waals surface area contributed by atoms with Crippen LogP contribution in [0.25, 0.3) is 0 Å². The maximum Gasteiger partial charge on any atom is 0.226 e. The van der Waals surface area contributed by atoms with Crippen molar-refractivity contribution in [2.24, 2.45) is 5.73 Å². The Morgan fingerprint density at radius 3 is 2.33 bits per heavy atom. The third-order valence-corrected chi connectivity index (χ3v) is 3.46. The maximum absolute atomic E-state index is 6.00. The van der Waals surface area contributed by atoms with E-state index in [1.165, 1.54) is 0 Å². The molecule has 3 rings (SSSR count). The lowest BCUT2D eigenvalue weighted by Crippen LogP contribution is -2.29. The predicted molar refractivity (Wildman–Crippen MR) is 80.1 cm³/mol. The van der Waals surface area contributed by atoms with Crippen LogP contribution in [0, 0.1) is 0 Å². The summed E-state index contributed by atoms with van der Waals surface area (Å²) in [5.41, 5.74) is 7.38. The lowest BCUT2D eigenvalue weighted by Gasteiger charge is -2.30. The minimum atomic E-state index is -0.896. The van der Waals surface area contributed by atoms with Crippen molar-refractivity contribution in [3.8, 4) is 5.75 Å². The first-order chi connectivity index (χ1) is 10.4. The highest BCUT2D eigenvalue weighted by Gasteiger charge is 2.42. The minimum absolute atomic E-state index is 0.460. The SMILES string of the molecule is NCCOc1ccccc1C1(c2ccccc2)OCCO1. The quantitative estimate of drug-likeness (QED) is 0.915. The van der Waals surface area contributed by atoms with Gasteiger partial charge >= 0.3 is 0 Å². The molecular formula is C17H19NO3. The third-order valence-electron chi connectivity index (χ3n) is 3.46. The predicted octanol–water partition coefficient (Wildman–Crippen LogP) is 2.27. The first-order valence-electron chi connectivity index (χ1n) is 7.12. The van der Waals surface area contributed by atoms with Crippen molar-refractivity contribution in [1.82, 2.24) is 0 Å². The van der Waals surface area contributed by atoms with E-state index in [4.69, 9.17) is 19.9 Å². The highest BCUT2D eigenvalue weighted by atomic mass is 16.7. The molecule has 1 fully saturated rings. The van der Waals surface area contributed by atoms with Gasteiger partial charge in [0, 0.05) is 12.1 Å². The molecule has 1 aliphatic heterocycles. The largest absolute Gasteiger partial charge is 0.492 e. The molecule has 1 heterocycles. The van der Waals surface area contributed by atoms with E-state index in [9.17, 15) is 0 Å². The Kier molecular flexibility index (Phi) is 4.20. The smallest absolute Gasteiger partial charge is 0.226 e. The monoisotopic (exact) mass is 285 g/mol. The Morgan fingerprint density at radius 2 is 1.62 bits per heavy atom. The zero-order valence-electron chi connectivity index (χ0n) is 11.8. The van der Waals surface area contributed by atoms with Gasteiger partial charge in [0.2, 0.25) is 5.79 Å². The molecule has 4 nitrogen and oxygen atoms in total. The summed E-state index contributed by atoms with van der Waals surface area (Å²) in [6, 6.07) is 17.7. The fourth-order valence-electron chi connectivity index (χ4n) is 2.58. The average molecular weight is 285 g/mol. The molecule has 4 heteroatoms. The van der Waals surface area contributed by atoms with Crippen LogP contribution in [0.2, 0.25) is 0 Å². The minimum Gasteiger partial charge on any atom is -0.492 e. The number of ether oxygens (including phenoxy) is 3. The average Bonchev–Trinajstić information content (AvgIpc) is 3.05. The van der Waals surface area contributed by atoms with E-state index < -0.39 is 5.79 Å². The number of nitrogens with two attached hydrogens (primary N) is 1. The van der Waals surface area contributed by atoms with Crippen molar-refractivity contribution in [2.45, 2.75) is 5.79 Å². The van der Waals surface area contributed by atoms with E-state index in [0.717, 1.165) is 16.9 Å². The Hall–Kier alpha value is -1.88. The van der Waals surface area contributed by atoms with E-state index in [2.05, 4.69) is 0 Å². The van der Waals surface area contributed by atoms with Crippen LogP contribution < -0.4 is 10.5 Å². The molecule has 0 spiro atoms. The summed E-state index contributed by atoms with van der Waals surface area (Å²) in [5.74, 6) is -0.152. The summed E-state index contributed by atoms with van der Waals surface area (Å²) in [6.07, 6.45) is 0. The number of hydrogen-bond donors (Lipinski definition) is 1. The Balaban J connectivity index is 2.06. The van der Waals surface area contributed by atoms with Crippen LogP contribution >= 0.6 is 0 Å². The van der Waals surface area contributed by atoms with Crippen LogP contribution in [0.5, 0.6) is 5.75 Å². The highest BCUT2D eigenvalue weighted by Crippen LogP contribution is 2.42. The fourth-order valence-corrected chi connectivity index (χ4v) is 2.58. The van der Waals surface area contributed by atoms with Crippen molar-refractivity contribution in [3.05, 3.63) is 65.7 Å². The number of benzene rings is 2. The van der Waals surface area contributed by atoms with Crippen LogP contribution in [-0.2, 0) is 15.3 Å². The molecule has 0 unspecified atom stereocenters. The van der Waals surface area contributed by atoms with E-state index >= 15 is 0 Å². The van der Waals surface area contributed by atoms with Gasteiger partial charge in [-0.05, 0) is 12.1 Å². The summed E-state index contributed by atoms with van der Waals surface area (Å²) in [6.45, 7) is 2.04. The van der Waals surface area contributed by atoms with Crippen molar-refractivity contribution in [3.63, 3.8) is 0 Å². The van der Waals surface area contributed by atoms with Crippen LogP contribution in [0.3, 0.4) is 0 Å². The van der Waals surface area contributed by atoms with E-state index in [-0.39, 0.29) is 0 Å². The maximum atomic E-state index is 6.00. The second-order valence-corrected chi connectivity index (χ2v) is 4.81. The number of rotatable bonds is 5. The fraction of sp³-hybridized carbons (Fsp3) is 0.294. The van der Waals surface area contributed by atoms with E-state index in [0.29, 0.717) is 26.4 Å². The Labute approximate surface area is 124 Å². The molecule has 0 saturated carbocycles. The van der Waals surface area contributed by atoms with Gasteiger partial charge in [0.15, 0.2) is 0 Å². The molecule has 21 heavy (non-hydrogen) atoms. The molecular weight excluding hydrogens is 266 g/mol. The first kappa shape index (κ1) is 14.1. The molecule has 0 amide bonds. The zero-order valence-corrected chi connectivity index (χ0v) is 11.8. The molecule has 0 bridgehead atoms. The highest BCUT2D eigenvalue weighted by molar-refractivity contribution is 5.43. The second kappa shape index (κ2) is 6.26. The standard InChI is InChI=1S/C17H19NO3/c18-10-11-19-16-9-5-4-8-15(16)17(20-12-13-21-17)14-6-2-1-3-7-14/h1-9H,10-13,18H2. The van der Waals surface area contributed by atoms with Gasteiger partial charge < -0.3 is 19.9 Å². The normalized spacial score (nSPS) is 16.8. The molecule has 0 atom stereocenters. The summed E-state index contributed by atoms with van der Waals surface area (Å²) in [4.78, 5) is 0. The lowest BCUT2D eigenvalue weighted by molar-refractivity contribution is -0.131. The van der Waals surface area contributed by atoms with E-state index in [1.54, 1.807) is 0 Å². The van der Waals surface area contributed by atoms with Gasteiger partial charge in [0.05, 0.1) is 18.8 Å². The van der Waals surface area contributed by atoms with Gasteiger partial charge in [-0.15, -0.1) is 0 Å². The molecule has 0 aromatic heterocycles. The van der Waals surface area contributed by atoms with Crippen LogP contribution in [0.1, 0.15) is 11.1 Å². The molecule has 110 valence electrons. The summed E-state index contributed by atoms with van der Waals surface area (Å²) in [5, 5.41) is 0. The van der Waals surface area contributed by atoms with Crippen LogP contribution in [0.15, 0.2) is 54.6 Å². The molecule has 2 N–H and O–H groups in total. The number of hydrogen-bond acceptors (Lipinski definition) is 4. The second-order valence-electron chi connectivity index (χ2n) is 4.81. The molecule has 2 aromatic rings. The third kappa shape index (κ3) is 2.65. The summed E-state index contributed by atoms with van der Waals surface area (Å²) >= 11 is 0. The molecule has 1 aliphatic rings. The zero-order chi connectivity index (χ0) is 14.5. The van der Waals surface area contributed by atoms with Crippen LogP contribution in [-0.4, -0.2) is 26.4 Å². The van der Waals surface area contributed by atoms with Gasteiger partial charge in [-0.2, -0.15) is 0 Å². The Bertz CT molecular complexity index is 580. The summed E-state index contributed by atoms with van der Waals surface area (Å²) in [7, 11) is 0. The molecule has 2 aromatic carbocycles. The van der Waals surface area contributed by atoms with Gasteiger partial charge in [0.1, 0.15) is 12.4 Å². The molecule has 0 aliphatic carbocycles. The van der Waals surface area contributed by atoms with Crippen molar-refractivity contribution in [2.75, 3.05) is 26.4 Å². The van der Waals surface area contributed by atoms with Gasteiger partial charge in [-0.3, -0.25) is 0 Å². The molecule has 1 saturated heterocycles. The Morgan fingerprint density at radius 1 is 0.952 bits per heavy atom. The van der Waals surface area contributed by atoms with Crippen LogP contribution in [0.4, 0.5) is 0 Å². The van der Waals surface area contributed by atoms with Crippen molar-refractivity contribution in [1.29, 1.82) is 0 Å². The molecule has 0 radical (unpaired) electrons. The van der Waals surface area contributed by atoms with Gasteiger partial charge in [-0.25, -0.2) is 0 Å². The number of para-hydroxylation sites is 1. The summed E-state index contributed by atoms with van der Waals surface area (Å²) < 4.78 is 17.8. The van der Waals surface area contributed by atoms with Gasteiger partial charge in [-0.1, -0.05) is 42.5 Å². The van der Waals surface area contributed by atoms with Crippen molar-refractivity contribution >= 4 is 0 Å². The first-order valence-corrected chi connectivity index (χ1v) is 7.12.